The van der Waals surface area contributed by atoms with Crippen LogP contribution in [0.25, 0.3) is 0 Å². The quantitative estimate of drug-likeness (QED) is 0.918. The second-order valence-electron chi connectivity index (χ2n) is 5.93. The van der Waals surface area contributed by atoms with Crippen molar-refractivity contribution in [2.45, 2.75) is 25.9 Å². The van der Waals surface area contributed by atoms with E-state index in [1.165, 1.54) is 12.1 Å². The number of amides is 2. The molecule has 0 radical (unpaired) electrons. The SMILES string of the molecule is O=C(NCc1cccc(F)c1)c1ccc(CN2CCCC2=O)cc1. The highest BCUT2D eigenvalue weighted by atomic mass is 19.1. The van der Waals surface area contributed by atoms with Gasteiger partial charge in [0.25, 0.3) is 5.91 Å². The molecule has 0 unspecified atom stereocenters. The Hall–Kier alpha value is -2.69. The summed E-state index contributed by atoms with van der Waals surface area (Å²) in [6, 6.07) is 13.4. The van der Waals surface area contributed by atoms with E-state index in [1.54, 1.807) is 24.3 Å². The van der Waals surface area contributed by atoms with E-state index in [4.69, 9.17) is 0 Å². The summed E-state index contributed by atoms with van der Waals surface area (Å²) in [4.78, 5) is 25.6. The molecular formula is C19H19FN2O2. The molecule has 4 nitrogen and oxygen atoms in total. The maximum absolute atomic E-state index is 13.1. The third-order valence-electron chi connectivity index (χ3n) is 4.10. The van der Waals surface area contributed by atoms with Crippen LogP contribution in [0.15, 0.2) is 48.5 Å². The zero-order chi connectivity index (χ0) is 16.9. The van der Waals surface area contributed by atoms with Crippen LogP contribution >= 0.6 is 0 Å². The first kappa shape index (κ1) is 16.2. The molecule has 2 aromatic carbocycles. The zero-order valence-corrected chi connectivity index (χ0v) is 13.3. The molecule has 1 aliphatic rings. The van der Waals surface area contributed by atoms with Crippen molar-refractivity contribution in [3.05, 3.63) is 71.0 Å². The second-order valence-corrected chi connectivity index (χ2v) is 5.93. The van der Waals surface area contributed by atoms with E-state index in [2.05, 4.69) is 5.32 Å². The molecule has 1 saturated heterocycles. The number of benzene rings is 2. The summed E-state index contributed by atoms with van der Waals surface area (Å²) in [5, 5.41) is 2.77. The molecule has 0 atom stereocenters. The minimum atomic E-state index is -0.317. The minimum absolute atomic E-state index is 0.187. The molecule has 2 aromatic rings. The van der Waals surface area contributed by atoms with E-state index in [0.717, 1.165) is 18.5 Å². The van der Waals surface area contributed by atoms with Gasteiger partial charge >= 0.3 is 0 Å². The molecule has 0 saturated carbocycles. The normalized spacial score (nSPS) is 14.0. The fourth-order valence-corrected chi connectivity index (χ4v) is 2.78. The first-order chi connectivity index (χ1) is 11.6. The fourth-order valence-electron chi connectivity index (χ4n) is 2.78. The number of halogens is 1. The Balaban J connectivity index is 1.56. The number of nitrogens with one attached hydrogen (secondary N) is 1. The van der Waals surface area contributed by atoms with Gasteiger partial charge in [0.15, 0.2) is 0 Å². The molecule has 2 amide bonds. The highest BCUT2D eigenvalue weighted by molar-refractivity contribution is 5.94. The summed E-state index contributed by atoms with van der Waals surface area (Å²) in [6.45, 7) is 1.67. The molecule has 5 heteroatoms. The number of carbonyl (C=O) groups is 2. The Kier molecular flexibility index (Phi) is 4.89. The van der Waals surface area contributed by atoms with Crippen molar-refractivity contribution in [3.63, 3.8) is 0 Å². The van der Waals surface area contributed by atoms with Crippen molar-refractivity contribution in [2.75, 3.05) is 6.54 Å². The summed E-state index contributed by atoms with van der Waals surface area (Å²) in [7, 11) is 0. The van der Waals surface area contributed by atoms with Gasteiger partial charge in [-0.25, -0.2) is 4.39 Å². The van der Waals surface area contributed by atoms with Crippen LogP contribution in [0.5, 0.6) is 0 Å². The van der Waals surface area contributed by atoms with E-state index < -0.39 is 0 Å². The first-order valence-electron chi connectivity index (χ1n) is 8.01. The third-order valence-corrected chi connectivity index (χ3v) is 4.10. The van der Waals surface area contributed by atoms with Gasteiger partial charge in [0.05, 0.1) is 0 Å². The predicted molar refractivity (Wildman–Crippen MR) is 88.7 cm³/mol. The van der Waals surface area contributed by atoms with Crippen molar-refractivity contribution in [2.24, 2.45) is 0 Å². The summed E-state index contributed by atoms with van der Waals surface area (Å²) in [5.74, 6) is -0.336. The molecular weight excluding hydrogens is 307 g/mol. The second kappa shape index (κ2) is 7.25. The van der Waals surface area contributed by atoms with Crippen molar-refractivity contribution in [1.29, 1.82) is 0 Å². The molecule has 0 aliphatic carbocycles. The minimum Gasteiger partial charge on any atom is -0.348 e. The molecule has 0 aromatic heterocycles. The number of rotatable bonds is 5. The molecule has 3 rings (SSSR count). The van der Waals surface area contributed by atoms with Crippen molar-refractivity contribution in [1.82, 2.24) is 10.2 Å². The van der Waals surface area contributed by atoms with E-state index in [9.17, 15) is 14.0 Å². The van der Waals surface area contributed by atoms with Crippen molar-refractivity contribution in [3.8, 4) is 0 Å². The zero-order valence-electron chi connectivity index (χ0n) is 13.3. The molecule has 1 N–H and O–H groups in total. The smallest absolute Gasteiger partial charge is 0.251 e. The highest BCUT2D eigenvalue weighted by Crippen LogP contribution is 2.15. The molecule has 24 heavy (non-hydrogen) atoms. The Bertz CT molecular complexity index is 743. The maximum atomic E-state index is 13.1. The number of carbonyl (C=O) groups excluding carboxylic acids is 2. The third kappa shape index (κ3) is 3.98. The van der Waals surface area contributed by atoms with Gasteiger partial charge in [-0.05, 0) is 41.8 Å². The van der Waals surface area contributed by atoms with Gasteiger partial charge in [0.1, 0.15) is 5.82 Å². The number of hydrogen-bond acceptors (Lipinski definition) is 2. The van der Waals surface area contributed by atoms with Crippen LogP contribution in [-0.2, 0) is 17.9 Å². The predicted octanol–water partition coefficient (Wildman–Crippen LogP) is 2.88. The highest BCUT2D eigenvalue weighted by Gasteiger charge is 2.19. The Morgan fingerprint density at radius 2 is 1.92 bits per heavy atom. The summed E-state index contributed by atoms with van der Waals surface area (Å²) >= 11 is 0. The average Bonchev–Trinajstić information content (AvgIpc) is 2.98. The van der Waals surface area contributed by atoms with Gasteiger partial charge in [-0.2, -0.15) is 0 Å². The Morgan fingerprint density at radius 1 is 1.12 bits per heavy atom. The topological polar surface area (TPSA) is 49.4 Å². The summed E-state index contributed by atoms with van der Waals surface area (Å²) in [5.41, 5.74) is 2.27. The van der Waals surface area contributed by atoms with Crippen LogP contribution in [0.2, 0.25) is 0 Å². The monoisotopic (exact) mass is 326 g/mol. The molecule has 1 aliphatic heterocycles. The molecule has 1 fully saturated rings. The van der Waals surface area contributed by atoms with Gasteiger partial charge in [0.2, 0.25) is 5.91 Å². The average molecular weight is 326 g/mol. The van der Waals surface area contributed by atoms with Crippen molar-refractivity contribution < 1.29 is 14.0 Å². The molecule has 0 bridgehead atoms. The Labute approximate surface area is 140 Å². The molecule has 0 spiro atoms. The van der Waals surface area contributed by atoms with Gasteiger partial charge in [0, 0.05) is 31.6 Å². The van der Waals surface area contributed by atoms with Crippen LogP contribution in [0.3, 0.4) is 0 Å². The van der Waals surface area contributed by atoms with Crippen LogP contribution in [0.4, 0.5) is 4.39 Å². The van der Waals surface area contributed by atoms with Crippen LogP contribution in [0, 0.1) is 5.82 Å². The van der Waals surface area contributed by atoms with Gasteiger partial charge in [-0.3, -0.25) is 9.59 Å². The van der Waals surface area contributed by atoms with Crippen LogP contribution in [-0.4, -0.2) is 23.3 Å². The van der Waals surface area contributed by atoms with Gasteiger partial charge < -0.3 is 10.2 Å². The lowest BCUT2D eigenvalue weighted by Gasteiger charge is -2.15. The Morgan fingerprint density at radius 3 is 2.58 bits per heavy atom. The fraction of sp³-hybridized carbons (Fsp3) is 0.263. The molecule has 124 valence electrons. The number of likely N-dealkylation sites (tertiary alicyclic amines) is 1. The standard InChI is InChI=1S/C19H19FN2O2/c20-17-4-1-3-15(11-17)12-21-19(24)16-8-6-14(7-9-16)13-22-10-2-5-18(22)23/h1,3-4,6-9,11H,2,5,10,12-13H2,(H,21,24). The lowest BCUT2D eigenvalue weighted by molar-refractivity contribution is -0.128. The van der Waals surface area contributed by atoms with Crippen molar-refractivity contribution >= 4 is 11.8 Å². The largest absolute Gasteiger partial charge is 0.348 e. The molecule has 1 heterocycles. The lowest BCUT2D eigenvalue weighted by atomic mass is 10.1. The van der Waals surface area contributed by atoms with Crippen LogP contribution in [0.1, 0.15) is 34.3 Å². The van der Waals surface area contributed by atoms with Gasteiger partial charge in [-0.1, -0.05) is 24.3 Å². The first-order valence-corrected chi connectivity index (χ1v) is 8.01. The number of hydrogen-bond donors (Lipinski definition) is 1. The number of nitrogens with zero attached hydrogens (tertiary/aromatic N) is 1. The van der Waals surface area contributed by atoms with E-state index in [-0.39, 0.29) is 24.2 Å². The van der Waals surface area contributed by atoms with E-state index in [0.29, 0.717) is 24.1 Å². The maximum Gasteiger partial charge on any atom is 0.251 e. The van der Waals surface area contributed by atoms with E-state index in [1.807, 2.05) is 17.0 Å². The lowest BCUT2D eigenvalue weighted by Crippen LogP contribution is -2.24. The van der Waals surface area contributed by atoms with Gasteiger partial charge in [-0.15, -0.1) is 0 Å². The summed E-state index contributed by atoms with van der Waals surface area (Å²) in [6.07, 6.45) is 1.54. The van der Waals surface area contributed by atoms with E-state index >= 15 is 0 Å². The van der Waals surface area contributed by atoms with Crippen LogP contribution < -0.4 is 5.32 Å². The summed E-state index contributed by atoms with van der Waals surface area (Å²) < 4.78 is 13.1.